The molecule has 0 saturated carbocycles. The highest BCUT2D eigenvalue weighted by Crippen LogP contribution is 2.12. The zero-order chi connectivity index (χ0) is 9.84. The number of hydrogen-bond acceptors (Lipinski definition) is 2. The van der Waals surface area contributed by atoms with Gasteiger partial charge in [-0.05, 0) is 18.2 Å². The van der Waals surface area contributed by atoms with Crippen molar-refractivity contribution in [3.8, 4) is 5.75 Å². The molecule has 13 heavy (non-hydrogen) atoms. The maximum Gasteiger partial charge on any atom is 0.191 e. The molecule has 3 nitrogen and oxygen atoms in total. The molecule has 0 heterocycles. The Labute approximate surface area is 77.9 Å². The van der Waals surface area contributed by atoms with Crippen molar-refractivity contribution in [3.63, 3.8) is 0 Å². The maximum atomic E-state index is 11.0. The lowest BCUT2D eigenvalue weighted by Gasteiger charge is -2.04. The zero-order valence-electron chi connectivity index (χ0n) is 8.07. The first kappa shape index (κ1) is 9.58. The van der Waals surface area contributed by atoms with Gasteiger partial charge in [0.25, 0.3) is 0 Å². The molecule has 0 saturated heterocycles. The molecule has 1 rings (SSSR count). The van der Waals surface area contributed by atoms with E-state index < -0.39 is 0 Å². The van der Waals surface area contributed by atoms with Gasteiger partial charge in [0.15, 0.2) is 5.71 Å². The Morgan fingerprint density at radius 2 is 2.15 bits per heavy atom. The molecule has 0 radical (unpaired) electrons. The van der Waals surface area contributed by atoms with Gasteiger partial charge in [0.05, 0.1) is 7.11 Å². The van der Waals surface area contributed by atoms with Crippen LogP contribution in [0.4, 0.5) is 0 Å². The van der Waals surface area contributed by atoms with Crippen molar-refractivity contribution in [1.82, 2.24) is 0 Å². The first-order valence-corrected chi connectivity index (χ1v) is 4.04. The van der Waals surface area contributed by atoms with Gasteiger partial charge < -0.3 is 9.94 Å². The number of hydrogen-bond donors (Lipinski definition) is 0. The Hall–Kier alpha value is -1.51. The van der Waals surface area contributed by atoms with Gasteiger partial charge >= 0.3 is 0 Å². The lowest BCUT2D eigenvalue weighted by Crippen LogP contribution is -2.08. The van der Waals surface area contributed by atoms with Crippen LogP contribution in [0, 0.1) is 5.21 Å². The van der Waals surface area contributed by atoms with E-state index in [-0.39, 0.29) is 0 Å². The molecule has 0 amide bonds. The molecule has 0 atom stereocenters. The van der Waals surface area contributed by atoms with Crippen molar-refractivity contribution in [2.24, 2.45) is 0 Å². The SMILES string of the molecule is COc1cccc(C(C)=[N+](C)[O-])c1. The van der Waals surface area contributed by atoms with E-state index in [4.69, 9.17) is 4.74 Å². The van der Waals surface area contributed by atoms with Crippen LogP contribution >= 0.6 is 0 Å². The minimum absolute atomic E-state index is 0.680. The number of benzene rings is 1. The average Bonchev–Trinajstić information content (AvgIpc) is 2.16. The highest BCUT2D eigenvalue weighted by atomic mass is 16.5. The largest absolute Gasteiger partial charge is 0.624 e. The summed E-state index contributed by atoms with van der Waals surface area (Å²) in [6, 6.07) is 7.43. The summed E-state index contributed by atoms with van der Waals surface area (Å²) in [5.41, 5.74) is 1.57. The Bertz CT molecular complexity index is 327. The number of rotatable bonds is 2. The Balaban J connectivity index is 3.09. The molecule has 0 N–H and O–H groups in total. The molecule has 0 bridgehead atoms. The van der Waals surface area contributed by atoms with Gasteiger partial charge in [0.2, 0.25) is 0 Å². The normalized spacial score (nSPS) is 12.2. The van der Waals surface area contributed by atoms with E-state index in [1.807, 2.05) is 24.3 Å². The van der Waals surface area contributed by atoms with Crippen molar-refractivity contribution in [2.45, 2.75) is 6.92 Å². The predicted octanol–water partition coefficient (Wildman–Crippen LogP) is 1.64. The van der Waals surface area contributed by atoms with Gasteiger partial charge in [0.1, 0.15) is 12.8 Å². The second kappa shape index (κ2) is 3.94. The lowest BCUT2D eigenvalue weighted by atomic mass is 10.1. The monoisotopic (exact) mass is 179 g/mol. The van der Waals surface area contributed by atoms with Gasteiger partial charge in [-0.15, -0.1) is 0 Å². The van der Waals surface area contributed by atoms with Crippen LogP contribution in [0.25, 0.3) is 0 Å². The van der Waals surface area contributed by atoms with E-state index in [2.05, 4.69) is 0 Å². The molecule has 0 aromatic heterocycles. The topological polar surface area (TPSA) is 35.3 Å². The fourth-order valence-electron chi connectivity index (χ4n) is 1.03. The predicted molar refractivity (Wildman–Crippen MR) is 52.3 cm³/mol. The second-order valence-electron chi connectivity index (χ2n) is 2.81. The first-order valence-electron chi connectivity index (χ1n) is 4.04. The molecule has 0 aliphatic carbocycles. The van der Waals surface area contributed by atoms with Gasteiger partial charge in [0, 0.05) is 12.5 Å². The number of nitrogens with zero attached hydrogens (tertiary/aromatic N) is 1. The van der Waals surface area contributed by atoms with E-state index in [0.29, 0.717) is 5.71 Å². The highest BCUT2D eigenvalue weighted by molar-refractivity contribution is 5.95. The van der Waals surface area contributed by atoms with Crippen molar-refractivity contribution < 1.29 is 9.48 Å². The second-order valence-corrected chi connectivity index (χ2v) is 2.81. The summed E-state index contributed by atoms with van der Waals surface area (Å²) in [6.07, 6.45) is 0. The Morgan fingerprint density at radius 3 is 2.69 bits per heavy atom. The van der Waals surface area contributed by atoms with Crippen LogP contribution < -0.4 is 4.74 Å². The maximum absolute atomic E-state index is 11.0. The number of ether oxygens (including phenoxy) is 1. The molecular weight excluding hydrogens is 166 g/mol. The van der Waals surface area contributed by atoms with E-state index in [9.17, 15) is 5.21 Å². The molecule has 3 heteroatoms. The van der Waals surface area contributed by atoms with Crippen molar-refractivity contribution in [1.29, 1.82) is 0 Å². The van der Waals surface area contributed by atoms with Crippen LogP contribution in [0.2, 0.25) is 0 Å². The van der Waals surface area contributed by atoms with E-state index in [0.717, 1.165) is 16.1 Å². The number of hydroxylamine groups is 1. The summed E-state index contributed by atoms with van der Waals surface area (Å²) >= 11 is 0. The van der Waals surface area contributed by atoms with Gasteiger partial charge in [-0.1, -0.05) is 6.07 Å². The quantitative estimate of drug-likeness (QED) is 0.299. The number of methoxy groups -OCH3 is 1. The van der Waals surface area contributed by atoms with E-state index in [1.165, 1.54) is 7.05 Å². The van der Waals surface area contributed by atoms with Crippen LogP contribution in [0.1, 0.15) is 12.5 Å². The summed E-state index contributed by atoms with van der Waals surface area (Å²) in [4.78, 5) is 0. The minimum Gasteiger partial charge on any atom is -0.624 e. The zero-order valence-corrected chi connectivity index (χ0v) is 8.07. The molecule has 1 aromatic carbocycles. The van der Waals surface area contributed by atoms with Gasteiger partial charge in [-0.2, -0.15) is 0 Å². The smallest absolute Gasteiger partial charge is 0.191 e. The Morgan fingerprint density at radius 1 is 1.46 bits per heavy atom. The highest BCUT2D eigenvalue weighted by Gasteiger charge is 2.04. The first-order chi connectivity index (χ1) is 6.15. The summed E-state index contributed by atoms with van der Waals surface area (Å²) < 4.78 is 5.89. The van der Waals surface area contributed by atoms with Crippen molar-refractivity contribution in [2.75, 3.05) is 14.2 Å². The van der Waals surface area contributed by atoms with Gasteiger partial charge in [-0.3, -0.25) is 0 Å². The molecule has 0 unspecified atom stereocenters. The standard InChI is InChI=1S/C10H13NO2/c1-8(11(2)12)9-5-4-6-10(7-9)13-3/h4-7H,1-3H3. The van der Waals surface area contributed by atoms with Crippen LogP contribution in [-0.4, -0.2) is 24.6 Å². The minimum atomic E-state index is 0.680. The average molecular weight is 179 g/mol. The van der Waals surface area contributed by atoms with E-state index in [1.54, 1.807) is 14.0 Å². The third kappa shape index (κ3) is 2.21. The van der Waals surface area contributed by atoms with Crippen molar-refractivity contribution >= 4 is 5.71 Å². The third-order valence-electron chi connectivity index (χ3n) is 1.96. The molecule has 0 aliphatic rings. The molecule has 0 aliphatic heterocycles. The summed E-state index contributed by atoms with van der Waals surface area (Å²) in [6.45, 7) is 1.78. The molecule has 1 aromatic rings. The van der Waals surface area contributed by atoms with Crippen LogP contribution in [-0.2, 0) is 0 Å². The summed E-state index contributed by atoms with van der Waals surface area (Å²) in [5, 5.41) is 11.0. The lowest BCUT2D eigenvalue weighted by molar-refractivity contribution is -0.422. The molecule has 0 spiro atoms. The molecule has 0 fully saturated rings. The fraction of sp³-hybridized carbons (Fsp3) is 0.300. The fourth-order valence-corrected chi connectivity index (χ4v) is 1.03. The van der Waals surface area contributed by atoms with Gasteiger partial charge in [-0.25, -0.2) is 4.74 Å². The van der Waals surface area contributed by atoms with E-state index >= 15 is 0 Å². The van der Waals surface area contributed by atoms with Crippen LogP contribution in [0.3, 0.4) is 0 Å². The van der Waals surface area contributed by atoms with Crippen LogP contribution in [0.15, 0.2) is 24.3 Å². The Kier molecular flexibility index (Phi) is 2.90. The summed E-state index contributed by atoms with van der Waals surface area (Å²) in [7, 11) is 3.09. The third-order valence-corrected chi connectivity index (χ3v) is 1.96. The van der Waals surface area contributed by atoms with Crippen LogP contribution in [0.5, 0.6) is 5.75 Å². The molecule has 70 valence electrons. The summed E-state index contributed by atoms with van der Waals surface area (Å²) in [5.74, 6) is 0.763. The molecular formula is C10H13NO2. The van der Waals surface area contributed by atoms with Crippen molar-refractivity contribution in [3.05, 3.63) is 35.0 Å².